The van der Waals surface area contributed by atoms with Crippen molar-refractivity contribution in [3.05, 3.63) is 15.6 Å². The number of thiazole rings is 1. The number of carbonyl (C=O) groups excluding carboxylic acids is 2. The molecule has 2 N–H and O–H groups in total. The van der Waals surface area contributed by atoms with E-state index in [0.29, 0.717) is 37.0 Å². The molecule has 0 saturated carbocycles. The number of hydrogen-bond acceptors (Lipinski definition) is 4. The van der Waals surface area contributed by atoms with E-state index in [9.17, 15) is 9.59 Å². The number of aromatic nitrogens is 1. The van der Waals surface area contributed by atoms with Crippen molar-refractivity contribution in [1.29, 1.82) is 0 Å². The molecule has 0 atom stereocenters. The second-order valence-electron chi connectivity index (χ2n) is 6.58. The van der Waals surface area contributed by atoms with E-state index >= 15 is 0 Å². The molecule has 0 aromatic carbocycles. The summed E-state index contributed by atoms with van der Waals surface area (Å²) in [6.07, 6.45) is 1.46. The minimum Gasteiger partial charge on any atom is -0.350 e. The summed E-state index contributed by atoms with van der Waals surface area (Å²) in [7, 11) is 0. The fraction of sp³-hybridized carbons (Fsp3) is 0.688. The molecule has 0 aliphatic carbocycles. The van der Waals surface area contributed by atoms with Gasteiger partial charge in [-0.25, -0.2) is 9.78 Å². The number of fused-ring (bicyclic) bond motifs is 1. The lowest BCUT2D eigenvalue weighted by Gasteiger charge is -2.22. The van der Waals surface area contributed by atoms with Crippen molar-refractivity contribution in [1.82, 2.24) is 20.5 Å². The molecule has 0 spiro atoms. The van der Waals surface area contributed by atoms with Gasteiger partial charge in [0.05, 0.1) is 5.69 Å². The van der Waals surface area contributed by atoms with Crippen LogP contribution < -0.4 is 10.6 Å². The van der Waals surface area contributed by atoms with Crippen molar-refractivity contribution in [3.63, 3.8) is 0 Å². The van der Waals surface area contributed by atoms with Crippen LogP contribution in [0.25, 0.3) is 0 Å². The first-order chi connectivity index (χ1) is 10.9. The first-order valence-electron chi connectivity index (χ1n) is 8.19. The molecule has 1 aliphatic rings. The molecular weight excluding hydrogens is 312 g/mol. The van der Waals surface area contributed by atoms with E-state index in [2.05, 4.69) is 29.5 Å². The summed E-state index contributed by atoms with van der Waals surface area (Å²) in [4.78, 5) is 31.6. The van der Waals surface area contributed by atoms with Crippen LogP contribution in [0.15, 0.2) is 0 Å². The average Bonchev–Trinajstić information content (AvgIpc) is 2.77. The standard InChI is InChI=1S/C16H26N4O2S/c1-10(2)9-17-14(21)15-19-12-5-7-20(8-6-13(12)23-15)16(22)18-11(3)4/h10-11H,5-9H2,1-4H3,(H,17,21)(H,18,22). The molecule has 3 amide bonds. The Hall–Kier alpha value is -1.63. The molecule has 0 unspecified atom stereocenters. The van der Waals surface area contributed by atoms with Crippen molar-refractivity contribution in [3.8, 4) is 0 Å². The van der Waals surface area contributed by atoms with E-state index in [-0.39, 0.29) is 18.0 Å². The van der Waals surface area contributed by atoms with E-state index in [1.54, 1.807) is 0 Å². The number of urea groups is 1. The Labute approximate surface area is 141 Å². The lowest BCUT2D eigenvalue weighted by Crippen LogP contribution is -2.44. The molecule has 0 radical (unpaired) electrons. The Bertz CT molecular complexity index is 543. The van der Waals surface area contributed by atoms with Gasteiger partial charge in [-0.1, -0.05) is 13.8 Å². The van der Waals surface area contributed by atoms with Crippen LogP contribution in [0.2, 0.25) is 0 Å². The van der Waals surface area contributed by atoms with Gasteiger partial charge in [-0.3, -0.25) is 4.79 Å². The van der Waals surface area contributed by atoms with Crippen molar-refractivity contribution in [2.24, 2.45) is 5.92 Å². The second kappa shape index (κ2) is 7.77. The molecule has 0 bridgehead atoms. The molecule has 23 heavy (non-hydrogen) atoms. The van der Waals surface area contributed by atoms with Crippen LogP contribution in [-0.2, 0) is 12.8 Å². The number of hydrogen-bond donors (Lipinski definition) is 2. The number of rotatable bonds is 4. The topological polar surface area (TPSA) is 74.3 Å². The molecule has 1 aliphatic heterocycles. The van der Waals surface area contributed by atoms with Crippen LogP contribution in [0.1, 0.15) is 48.1 Å². The number of carbonyl (C=O) groups is 2. The maximum absolute atomic E-state index is 12.1. The number of amides is 3. The molecule has 1 aromatic rings. The quantitative estimate of drug-likeness (QED) is 0.882. The Kier molecular flexibility index (Phi) is 5.98. The van der Waals surface area contributed by atoms with Crippen LogP contribution in [-0.4, -0.2) is 47.5 Å². The lowest BCUT2D eigenvalue weighted by atomic mass is 10.2. The van der Waals surface area contributed by atoms with E-state index in [0.717, 1.165) is 17.0 Å². The number of nitrogens with one attached hydrogen (secondary N) is 2. The summed E-state index contributed by atoms with van der Waals surface area (Å²) < 4.78 is 0. The zero-order chi connectivity index (χ0) is 17.0. The van der Waals surface area contributed by atoms with Crippen LogP contribution in [0.4, 0.5) is 4.79 Å². The van der Waals surface area contributed by atoms with E-state index in [1.807, 2.05) is 18.7 Å². The minimum absolute atomic E-state index is 0.0231. The van der Waals surface area contributed by atoms with Gasteiger partial charge in [0.2, 0.25) is 0 Å². The third kappa shape index (κ3) is 4.92. The third-order valence-electron chi connectivity index (χ3n) is 3.57. The van der Waals surface area contributed by atoms with Gasteiger partial charge in [0, 0.05) is 43.4 Å². The summed E-state index contributed by atoms with van der Waals surface area (Å²) in [5, 5.41) is 6.37. The van der Waals surface area contributed by atoms with E-state index in [4.69, 9.17) is 0 Å². The van der Waals surface area contributed by atoms with E-state index < -0.39 is 0 Å². The third-order valence-corrected chi connectivity index (χ3v) is 4.73. The summed E-state index contributed by atoms with van der Waals surface area (Å²) in [6, 6.07) is 0.110. The van der Waals surface area contributed by atoms with Crippen molar-refractivity contribution < 1.29 is 9.59 Å². The Morgan fingerprint density at radius 1 is 1.22 bits per heavy atom. The predicted molar refractivity (Wildman–Crippen MR) is 91.9 cm³/mol. The van der Waals surface area contributed by atoms with Gasteiger partial charge in [0.1, 0.15) is 0 Å². The van der Waals surface area contributed by atoms with Gasteiger partial charge in [0.25, 0.3) is 5.91 Å². The molecule has 7 heteroatoms. The Morgan fingerprint density at radius 3 is 2.57 bits per heavy atom. The number of nitrogens with zero attached hydrogens (tertiary/aromatic N) is 2. The smallest absolute Gasteiger partial charge is 0.317 e. The zero-order valence-corrected chi connectivity index (χ0v) is 15.1. The summed E-state index contributed by atoms with van der Waals surface area (Å²) in [6.45, 7) is 10.0. The first kappa shape index (κ1) is 17.7. The Morgan fingerprint density at radius 2 is 1.91 bits per heavy atom. The van der Waals surface area contributed by atoms with Gasteiger partial charge in [-0.15, -0.1) is 11.3 Å². The van der Waals surface area contributed by atoms with Crippen LogP contribution in [0, 0.1) is 5.92 Å². The predicted octanol–water partition coefficient (Wildman–Crippen LogP) is 2.05. The fourth-order valence-electron chi connectivity index (χ4n) is 2.37. The summed E-state index contributed by atoms with van der Waals surface area (Å²) >= 11 is 1.45. The van der Waals surface area contributed by atoms with Crippen LogP contribution in [0.5, 0.6) is 0 Å². The van der Waals surface area contributed by atoms with Crippen LogP contribution in [0.3, 0.4) is 0 Å². The normalized spacial score (nSPS) is 14.6. The maximum atomic E-state index is 12.1. The van der Waals surface area contributed by atoms with Gasteiger partial charge in [-0.2, -0.15) is 0 Å². The highest BCUT2D eigenvalue weighted by atomic mass is 32.1. The molecule has 1 aromatic heterocycles. The van der Waals surface area contributed by atoms with Gasteiger partial charge < -0.3 is 15.5 Å². The monoisotopic (exact) mass is 338 g/mol. The van der Waals surface area contributed by atoms with Gasteiger partial charge in [-0.05, 0) is 19.8 Å². The van der Waals surface area contributed by atoms with E-state index in [1.165, 1.54) is 11.3 Å². The summed E-state index contributed by atoms with van der Waals surface area (Å²) in [5.41, 5.74) is 0.963. The molecule has 0 saturated heterocycles. The second-order valence-corrected chi connectivity index (χ2v) is 7.67. The molecule has 2 heterocycles. The average molecular weight is 338 g/mol. The molecule has 128 valence electrons. The van der Waals surface area contributed by atoms with Gasteiger partial charge >= 0.3 is 6.03 Å². The van der Waals surface area contributed by atoms with Crippen molar-refractivity contribution in [2.75, 3.05) is 19.6 Å². The fourth-order valence-corrected chi connectivity index (χ4v) is 3.39. The Balaban J connectivity index is 1.97. The van der Waals surface area contributed by atoms with Crippen molar-refractivity contribution >= 4 is 23.3 Å². The lowest BCUT2D eigenvalue weighted by molar-refractivity contribution is 0.0948. The molecule has 2 rings (SSSR count). The minimum atomic E-state index is -0.0915. The zero-order valence-electron chi connectivity index (χ0n) is 14.3. The SMILES string of the molecule is CC(C)CNC(=O)c1nc2c(s1)CCN(C(=O)NC(C)C)CC2. The largest absolute Gasteiger partial charge is 0.350 e. The van der Waals surface area contributed by atoms with Crippen LogP contribution >= 0.6 is 11.3 Å². The maximum Gasteiger partial charge on any atom is 0.317 e. The first-order valence-corrected chi connectivity index (χ1v) is 9.00. The van der Waals surface area contributed by atoms with Crippen molar-refractivity contribution in [2.45, 2.75) is 46.6 Å². The summed E-state index contributed by atoms with van der Waals surface area (Å²) in [5.74, 6) is 0.330. The molecule has 0 fully saturated rings. The molecule has 6 nitrogen and oxygen atoms in total. The molecular formula is C16H26N4O2S. The highest BCUT2D eigenvalue weighted by molar-refractivity contribution is 7.13. The van der Waals surface area contributed by atoms with Gasteiger partial charge in [0.15, 0.2) is 5.01 Å². The highest BCUT2D eigenvalue weighted by Crippen LogP contribution is 2.23. The highest BCUT2D eigenvalue weighted by Gasteiger charge is 2.23.